The van der Waals surface area contributed by atoms with Crippen molar-refractivity contribution in [3.05, 3.63) is 65.7 Å². The first-order valence-corrected chi connectivity index (χ1v) is 10.7. The molecule has 0 aromatic heterocycles. The number of ether oxygens (including phenoxy) is 2. The molecule has 0 heterocycles. The van der Waals surface area contributed by atoms with E-state index in [9.17, 15) is 24.3 Å². The second-order valence-corrected chi connectivity index (χ2v) is 7.37. The maximum absolute atomic E-state index is 12.9. The fourth-order valence-electron chi connectivity index (χ4n) is 3.02. The summed E-state index contributed by atoms with van der Waals surface area (Å²) in [5.74, 6) is -2.54. The molecule has 0 saturated carbocycles. The minimum atomic E-state index is -1.25. The summed E-state index contributed by atoms with van der Waals surface area (Å²) in [4.78, 5) is 48.6. The van der Waals surface area contributed by atoms with Crippen LogP contribution in [0.2, 0.25) is 0 Å². The average molecular weight is 472 g/mol. The number of benzene rings is 2. The highest BCUT2D eigenvalue weighted by Gasteiger charge is 2.28. The predicted molar refractivity (Wildman–Crippen MR) is 121 cm³/mol. The molecule has 0 aliphatic carbocycles. The van der Waals surface area contributed by atoms with E-state index in [-0.39, 0.29) is 38.2 Å². The van der Waals surface area contributed by atoms with Crippen LogP contribution in [0.4, 0.5) is 4.79 Å². The summed E-state index contributed by atoms with van der Waals surface area (Å²) >= 11 is 0. The van der Waals surface area contributed by atoms with Gasteiger partial charge in [0.15, 0.2) is 0 Å². The summed E-state index contributed by atoms with van der Waals surface area (Å²) in [5, 5.41) is 23.4. The highest BCUT2D eigenvalue weighted by atomic mass is 16.5. The highest BCUT2D eigenvalue weighted by Crippen LogP contribution is 2.12. The number of alkyl carbamates (subject to hydrolysis) is 1. The predicted octanol–water partition coefficient (Wildman–Crippen LogP) is 2.14. The molecule has 182 valence electrons. The van der Waals surface area contributed by atoms with Crippen LogP contribution < -0.4 is 10.6 Å². The van der Waals surface area contributed by atoms with Gasteiger partial charge in [0.05, 0.1) is 6.61 Å². The number of amides is 2. The van der Waals surface area contributed by atoms with Crippen molar-refractivity contribution in [2.24, 2.45) is 0 Å². The van der Waals surface area contributed by atoms with Gasteiger partial charge >= 0.3 is 18.0 Å². The Bertz CT molecular complexity index is 963. The molecule has 0 spiro atoms. The summed E-state index contributed by atoms with van der Waals surface area (Å²) in [7, 11) is 0. The van der Waals surface area contributed by atoms with E-state index >= 15 is 0 Å². The van der Waals surface area contributed by atoms with Gasteiger partial charge in [-0.15, -0.1) is 0 Å². The molecule has 0 unspecified atom stereocenters. The van der Waals surface area contributed by atoms with E-state index in [2.05, 4.69) is 10.6 Å². The molecule has 10 heteroatoms. The molecule has 4 N–H and O–H groups in total. The van der Waals surface area contributed by atoms with Crippen molar-refractivity contribution in [3.63, 3.8) is 0 Å². The Labute approximate surface area is 196 Å². The SMILES string of the molecule is CCOC(=O)[C@H](Cc1ccc(O)cc1)NC(=O)[C@H](CCC(=O)O)NC(=O)OCc1ccccc1. The average Bonchev–Trinajstić information content (AvgIpc) is 2.82. The number of esters is 1. The lowest BCUT2D eigenvalue weighted by Gasteiger charge is -2.22. The number of phenolic OH excluding ortho intramolecular Hbond substituents is 1. The zero-order valence-electron chi connectivity index (χ0n) is 18.7. The number of nitrogens with one attached hydrogen (secondary N) is 2. The number of hydrogen-bond acceptors (Lipinski definition) is 7. The van der Waals surface area contributed by atoms with Crippen LogP contribution in [0.5, 0.6) is 5.75 Å². The van der Waals surface area contributed by atoms with Gasteiger partial charge in [-0.05, 0) is 36.6 Å². The zero-order valence-corrected chi connectivity index (χ0v) is 18.7. The van der Waals surface area contributed by atoms with Crippen molar-refractivity contribution in [3.8, 4) is 5.75 Å². The van der Waals surface area contributed by atoms with E-state index in [0.29, 0.717) is 5.56 Å². The summed E-state index contributed by atoms with van der Waals surface area (Å²) in [6.07, 6.45) is -1.44. The standard InChI is InChI=1S/C24H28N2O8/c1-2-33-23(31)20(14-16-8-10-18(27)11-9-16)25-22(30)19(12-13-21(28)29)26-24(32)34-15-17-6-4-3-5-7-17/h3-11,19-20,27H,2,12-15H2,1H3,(H,25,30)(H,26,32)(H,28,29)/t19-,20-/m0/s1. The van der Waals surface area contributed by atoms with Crippen LogP contribution in [0.25, 0.3) is 0 Å². The van der Waals surface area contributed by atoms with Crippen LogP contribution in [0.3, 0.4) is 0 Å². The first-order valence-electron chi connectivity index (χ1n) is 10.7. The summed E-state index contributed by atoms with van der Waals surface area (Å²) < 4.78 is 10.2. The van der Waals surface area contributed by atoms with Crippen molar-refractivity contribution in [1.82, 2.24) is 10.6 Å². The molecule has 2 amide bonds. The van der Waals surface area contributed by atoms with Gasteiger partial charge in [-0.1, -0.05) is 42.5 Å². The third-order valence-corrected chi connectivity index (χ3v) is 4.73. The van der Waals surface area contributed by atoms with Gasteiger partial charge in [0.2, 0.25) is 5.91 Å². The number of aliphatic carboxylic acids is 1. The van der Waals surface area contributed by atoms with E-state index in [1.54, 1.807) is 43.3 Å². The molecular weight excluding hydrogens is 444 g/mol. The van der Waals surface area contributed by atoms with Crippen LogP contribution in [0.1, 0.15) is 30.9 Å². The van der Waals surface area contributed by atoms with Gasteiger partial charge in [0, 0.05) is 12.8 Å². The molecule has 2 rings (SSSR count). The summed E-state index contributed by atoms with van der Waals surface area (Å²) in [6.45, 7) is 1.68. The Balaban J connectivity index is 2.07. The van der Waals surface area contributed by atoms with Crippen molar-refractivity contribution in [2.75, 3.05) is 6.61 Å². The van der Waals surface area contributed by atoms with Crippen molar-refractivity contribution in [2.45, 2.75) is 44.9 Å². The molecule has 34 heavy (non-hydrogen) atoms. The quantitative estimate of drug-likeness (QED) is 0.343. The van der Waals surface area contributed by atoms with Crippen molar-refractivity contribution in [1.29, 1.82) is 0 Å². The third kappa shape index (κ3) is 9.19. The minimum absolute atomic E-state index is 0.0355. The Hall–Kier alpha value is -4.08. The van der Waals surface area contributed by atoms with Crippen molar-refractivity contribution < 1.29 is 38.9 Å². The zero-order chi connectivity index (χ0) is 24.9. The van der Waals surface area contributed by atoms with E-state index < -0.39 is 36.0 Å². The number of carbonyl (C=O) groups is 4. The van der Waals surface area contributed by atoms with Gasteiger partial charge in [0.25, 0.3) is 0 Å². The van der Waals surface area contributed by atoms with Gasteiger partial charge < -0.3 is 30.3 Å². The molecule has 0 bridgehead atoms. The molecule has 2 aromatic carbocycles. The molecule has 2 atom stereocenters. The summed E-state index contributed by atoms with van der Waals surface area (Å²) in [5.41, 5.74) is 1.38. The number of carbonyl (C=O) groups excluding carboxylic acids is 3. The Kier molecular flexibility index (Phi) is 10.4. The lowest BCUT2D eigenvalue weighted by Crippen LogP contribution is -2.52. The Morgan fingerprint density at radius 1 is 0.882 bits per heavy atom. The first kappa shape index (κ1) is 26.2. The normalized spacial score (nSPS) is 12.1. The van der Waals surface area contributed by atoms with E-state index in [0.717, 1.165) is 5.56 Å². The molecule has 0 aliphatic heterocycles. The van der Waals surface area contributed by atoms with Gasteiger partial charge in [-0.2, -0.15) is 0 Å². The molecule has 2 aromatic rings. The van der Waals surface area contributed by atoms with Crippen LogP contribution >= 0.6 is 0 Å². The number of aromatic hydroxyl groups is 1. The molecule has 0 radical (unpaired) electrons. The maximum atomic E-state index is 12.9. The third-order valence-electron chi connectivity index (χ3n) is 4.73. The highest BCUT2D eigenvalue weighted by molar-refractivity contribution is 5.90. The van der Waals surface area contributed by atoms with Crippen LogP contribution in [-0.2, 0) is 36.9 Å². The minimum Gasteiger partial charge on any atom is -0.508 e. The second kappa shape index (κ2) is 13.5. The lowest BCUT2D eigenvalue weighted by molar-refractivity contribution is -0.147. The fourth-order valence-corrected chi connectivity index (χ4v) is 3.02. The maximum Gasteiger partial charge on any atom is 0.408 e. The van der Waals surface area contributed by atoms with Crippen molar-refractivity contribution >= 4 is 23.9 Å². The van der Waals surface area contributed by atoms with Gasteiger partial charge in [0.1, 0.15) is 24.4 Å². The summed E-state index contributed by atoms with van der Waals surface area (Å²) in [6, 6.07) is 12.6. The number of hydrogen-bond donors (Lipinski definition) is 4. The van der Waals surface area contributed by atoms with Crippen LogP contribution in [0.15, 0.2) is 54.6 Å². The number of carboxylic acid groups (broad SMARTS) is 1. The molecule has 0 aliphatic rings. The second-order valence-electron chi connectivity index (χ2n) is 7.37. The monoisotopic (exact) mass is 472 g/mol. The smallest absolute Gasteiger partial charge is 0.408 e. The topological polar surface area (TPSA) is 151 Å². The van der Waals surface area contributed by atoms with Crippen LogP contribution in [-0.4, -0.2) is 52.8 Å². The Morgan fingerprint density at radius 2 is 1.56 bits per heavy atom. The number of rotatable bonds is 12. The largest absolute Gasteiger partial charge is 0.508 e. The van der Waals surface area contributed by atoms with E-state index in [1.807, 2.05) is 6.07 Å². The number of carboxylic acids is 1. The molecule has 0 saturated heterocycles. The fraction of sp³-hybridized carbons (Fsp3) is 0.333. The number of phenols is 1. The lowest BCUT2D eigenvalue weighted by atomic mass is 10.0. The van der Waals surface area contributed by atoms with Gasteiger partial charge in [-0.25, -0.2) is 9.59 Å². The molecular formula is C24H28N2O8. The van der Waals surface area contributed by atoms with Gasteiger partial charge in [-0.3, -0.25) is 9.59 Å². The van der Waals surface area contributed by atoms with E-state index in [1.165, 1.54) is 12.1 Å². The Morgan fingerprint density at radius 3 is 2.18 bits per heavy atom. The molecule has 10 nitrogen and oxygen atoms in total. The van der Waals surface area contributed by atoms with Crippen LogP contribution in [0, 0.1) is 0 Å². The first-order chi connectivity index (χ1) is 16.3. The van der Waals surface area contributed by atoms with E-state index in [4.69, 9.17) is 14.6 Å². The molecule has 0 fully saturated rings.